The number of likely N-dealkylation sites (tertiary alicyclic amines) is 1. The summed E-state index contributed by atoms with van der Waals surface area (Å²) in [7, 11) is 0. The van der Waals surface area contributed by atoms with E-state index in [0.29, 0.717) is 17.7 Å². The van der Waals surface area contributed by atoms with Crippen LogP contribution in [0.5, 0.6) is 11.5 Å². The fraction of sp³-hybridized carbons (Fsp3) is 0.333. The molecule has 204 valence electrons. The molecular formula is C33H37NO5. The molecule has 3 aromatic rings. The molecule has 1 unspecified atom stereocenters. The zero-order chi connectivity index (χ0) is 28.6. The van der Waals surface area contributed by atoms with Crippen LogP contribution in [-0.2, 0) is 21.5 Å². The number of aromatic hydroxyl groups is 1. The van der Waals surface area contributed by atoms with E-state index in [9.17, 15) is 19.8 Å². The fourth-order valence-corrected chi connectivity index (χ4v) is 5.00. The van der Waals surface area contributed by atoms with Crippen molar-refractivity contribution in [2.24, 2.45) is 0 Å². The van der Waals surface area contributed by atoms with Gasteiger partial charge in [-0.2, -0.15) is 0 Å². The van der Waals surface area contributed by atoms with Gasteiger partial charge < -0.3 is 19.8 Å². The van der Waals surface area contributed by atoms with Crippen molar-refractivity contribution in [2.75, 3.05) is 6.61 Å². The van der Waals surface area contributed by atoms with Crippen LogP contribution in [0.15, 0.2) is 60.2 Å². The lowest BCUT2D eigenvalue weighted by Gasteiger charge is -2.27. The molecule has 1 saturated heterocycles. The average molecular weight is 528 g/mol. The Kier molecular flexibility index (Phi) is 7.60. The molecule has 39 heavy (non-hydrogen) atoms. The molecule has 0 spiro atoms. The van der Waals surface area contributed by atoms with Gasteiger partial charge in [0.1, 0.15) is 5.76 Å². The zero-order valence-corrected chi connectivity index (χ0v) is 23.8. The van der Waals surface area contributed by atoms with E-state index in [1.54, 1.807) is 12.1 Å². The van der Waals surface area contributed by atoms with Gasteiger partial charge >= 0.3 is 0 Å². The summed E-state index contributed by atoms with van der Waals surface area (Å²) >= 11 is 0. The number of rotatable bonds is 6. The second kappa shape index (κ2) is 10.6. The Hall–Kier alpha value is -4.06. The normalized spacial score (nSPS) is 17.1. The van der Waals surface area contributed by atoms with Crippen molar-refractivity contribution in [3.8, 4) is 11.5 Å². The standard InChI is InChI=1S/C33H37NO5/c1-8-39-27-16-22(12-14-26(27)35)29-28(30(36)25-17-24(33(5,6)7)13-11-21(25)4)31(37)32(38)34(29)18-23-15-19(2)9-10-20(23)3/h9-17,29,35-36H,8,18H2,1-7H3/b30-28+. The van der Waals surface area contributed by atoms with Gasteiger partial charge in [-0.25, -0.2) is 0 Å². The molecule has 4 rings (SSSR count). The maximum atomic E-state index is 13.6. The molecule has 1 atom stereocenters. The van der Waals surface area contributed by atoms with Crippen LogP contribution < -0.4 is 4.74 Å². The molecule has 1 aliphatic rings. The van der Waals surface area contributed by atoms with E-state index in [2.05, 4.69) is 20.8 Å². The SMILES string of the molecule is CCOc1cc(C2/C(=C(\O)c3cc(C(C)(C)C)ccc3C)C(=O)C(=O)N2Cc2cc(C)ccc2C)ccc1O. The second-order valence-corrected chi connectivity index (χ2v) is 11.3. The molecular weight excluding hydrogens is 490 g/mol. The smallest absolute Gasteiger partial charge is 0.295 e. The van der Waals surface area contributed by atoms with E-state index in [4.69, 9.17) is 4.74 Å². The van der Waals surface area contributed by atoms with Gasteiger partial charge in [-0.05, 0) is 79.1 Å². The number of carbonyl (C=O) groups is 2. The van der Waals surface area contributed by atoms with Crippen LogP contribution in [-0.4, -0.2) is 33.4 Å². The number of benzene rings is 3. The van der Waals surface area contributed by atoms with Crippen LogP contribution in [0.4, 0.5) is 0 Å². The number of ether oxygens (including phenoxy) is 1. The fourth-order valence-electron chi connectivity index (χ4n) is 5.00. The van der Waals surface area contributed by atoms with Gasteiger partial charge in [-0.3, -0.25) is 9.59 Å². The first kappa shape index (κ1) is 28.0. The summed E-state index contributed by atoms with van der Waals surface area (Å²) in [5.41, 5.74) is 5.66. The maximum absolute atomic E-state index is 13.6. The Morgan fingerprint density at radius 3 is 2.31 bits per heavy atom. The summed E-state index contributed by atoms with van der Waals surface area (Å²) in [5, 5.41) is 22.1. The van der Waals surface area contributed by atoms with Crippen molar-refractivity contribution in [1.29, 1.82) is 0 Å². The lowest BCUT2D eigenvalue weighted by molar-refractivity contribution is -0.140. The van der Waals surface area contributed by atoms with Crippen LogP contribution in [0.3, 0.4) is 0 Å². The maximum Gasteiger partial charge on any atom is 0.295 e. The molecule has 0 aromatic heterocycles. The van der Waals surface area contributed by atoms with Gasteiger partial charge in [0, 0.05) is 12.1 Å². The number of phenols is 1. The van der Waals surface area contributed by atoms with Crippen LogP contribution >= 0.6 is 0 Å². The number of hydrogen-bond acceptors (Lipinski definition) is 5. The highest BCUT2D eigenvalue weighted by atomic mass is 16.5. The topological polar surface area (TPSA) is 87.1 Å². The number of amides is 1. The number of hydrogen-bond donors (Lipinski definition) is 2. The molecule has 6 heteroatoms. The summed E-state index contributed by atoms with van der Waals surface area (Å²) in [5.74, 6) is -1.43. The van der Waals surface area contributed by atoms with Crippen molar-refractivity contribution >= 4 is 17.4 Å². The van der Waals surface area contributed by atoms with E-state index in [0.717, 1.165) is 27.8 Å². The van der Waals surface area contributed by atoms with Gasteiger partial charge in [0.25, 0.3) is 11.7 Å². The lowest BCUT2D eigenvalue weighted by atomic mass is 9.84. The van der Waals surface area contributed by atoms with Gasteiger partial charge in [0.15, 0.2) is 11.5 Å². The summed E-state index contributed by atoms with van der Waals surface area (Å²) in [6, 6.07) is 15.7. The van der Waals surface area contributed by atoms with E-state index in [-0.39, 0.29) is 34.8 Å². The molecule has 0 bridgehead atoms. The number of aliphatic hydroxyl groups excluding tert-OH is 1. The van der Waals surface area contributed by atoms with Crippen LogP contribution in [0.2, 0.25) is 0 Å². The molecule has 6 nitrogen and oxygen atoms in total. The number of aryl methyl sites for hydroxylation is 3. The molecule has 2 N–H and O–H groups in total. The second-order valence-electron chi connectivity index (χ2n) is 11.3. The minimum Gasteiger partial charge on any atom is -0.507 e. The largest absolute Gasteiger partial charge is 0.507 e. The molecule has 0 radical (unpaired) electrons. The highest BCUT2D eigenvalue weighted by Gasteiger charge is 2.46. The van der Waals surface area contributed by atoms with E-state index in [1.165, 1.54) is 11.0 Å². The zero-order valence-electron chi connectivity index (χ0n) is 23.8. The first-order chi connectivity index (χ1) is 18.3. The van der Waals surface area contributed by atoms with Crippen LogP contribution in [0.25, 0.3) is 5.76 Å². The molecule has 0 saturated carbocycles. The lowest BCUT2D eigenvalue weighted by Crippen LogP contribution is -2.29. The third-order valence-electron chi connectivity index (χ3n) is 7.34. The van der Waals surface area contributed by atoms with Crippen LogP contribution in [0.1, 0.15) is 72.7 Å². The van der Waals surface area contributed by atoms with Crippen LogP contribution in [0, 0.1) is 20.8 Å². The minimum atomic E-state index is -0.873. The number of nitrogens with zero attached hydrogens (tertiary/aromatic N) is 1. The molecule has 1 amide bonds. The summed E-state index contributed by atoms with van der Waals surface area (Å²) in [6.07, 6.45) is 0. The van der Waals surface area contributed by atoms with E-state index in [1.807, 2.05) is 64.1 Å². The van der Waals surface area contributed by atoms with Crippen molar-refractivity contribution in [3.05, 3.63) is 99.1 Å². The van der Waals surface area contributed by atoms with Gasteiger partial charge in [0.2, 0.25) is 0 Å². The van der Waals surface area contributed by atoms with Crippen molar-refractivity contribution in [1.82, 2.24) is 4.90 Å². The van der Waals surface area contributed by atoms with Gasteiger partial charge in [-0.15, -0.1) is 0 Å². The average Bonchev–Trinajstić information content (AvgIpc) is 3.12. The Bertz CT molecular complexity index is 1480. The third kappa shape index (κ3) is 5.42. The summed E-state index contributed by atoms with van der Waals surface area (Å²) in [6.45, 7) is 14.4. The molecule has 1 aliphatic heterocycles. The predicted octanol–water partition coefficient (Wildman–Crippen LogP) is 6.64. The van der Waals surface area contributed by atoms with Gasteiger partial charge in [-0.1, -0.05) is 62.7 Å². The highest BCUT2D eigenvalue weighted by molar-refractivity contribution is 6.46. The molecule has 1 fully saturated rings. The summed E-state index contributed by atoms with van der Waals surface area (Å²) in [4.78, 5) is 28.7. The third-order valence-corrected chi connectivity index (χ3v) is 7.34. The molecule has 1 heterocycles. The monoisotopic (exact) mass is 527 g/mol. The number of aliphatic hydroxyl groups is 1. The van der Waals surface area contributed by atoms with Crippen molar-refractivity contribution < 1.29 is 24.5 Å². The highest BCUT2D eigenvalue weighted by Crippen LogP contribution is 2.43. The van der Waals surface area contributed by atoms with Crippen molar-refractivity contribution in [3.63, 3.8) is 0 Å². The summed E-state index contributed by atoms with van der Waals surface area (Å²) < 4.78 is 5.61. The number of carbonyl (C=O) groups excluding carboxylic acids is 2. The first-order valence-corrected chi connectivity index (χ1v) is 13.2. The quantitative estimate of drug-likeness (QED) is 0.213. The molecule has 3 aromatic carbocycles. The van der Waals surface area contributed by atoms with Crippen molar-refractivity contribution in [2.45, 2.75) is 66.5 Å². The Balaban J connectivity index is 1.96. The minimum absolute atomic E-state index is 0.0209. The van der Waals surface area contributed by atoms with Gasteiger partial charge in [0.05, 0.1) is 18.2 Å². The number of ketones is 1. The Morgan fingerprint density at radius 2 is 1.64 bits per heavy atom. The first-order valence-electron chi connectivity index (χ1n) is 13.2. The van der Waals surface area contributed by atoms with E-state index < -0.39 is 17.7 Å². The predicted molar refractivity (Wildman–Crippen MR) is 153 cm³/mol. The Morgan fingerprint density at radius 1 is 0.949 bits per heavy atom. The molecule has 0 aliphatic carbocycles. The number of Topliss-reactive ketones (excluding diaryl/α,β-unsaturated/α-hetero) is 1. The number of phenolic OH excluding ortho intramolecular Hbond substituents is 1. The van der Waals surface area contributed by atoms with E-state index >= 15 is 0 Å². The Labute approximate surface area is 230 Å².